The molecule has 0 amide bonds. The molecule has 5 heteroatoms. The van der Waals surface area contributed by atoms with Crippen molar-refractivity contribution in [1.29, 1.82) is 0 Å². The molecular weight excluding hydrogens is 631 g/mol. The molecule has 0 aliphatic rings. The molecule has 0 saturated carbocycles. The number of aromatic nitrogens is 3. The van der Waals surface area contributed by atoms with Gasteiger partial charge in [-0.1, -0.05) is 127 Å². The van der Waals surface area contributed by atoms with Crippen LogP contribution >= 0.6 is 11.3 Å². The maximum atomic E-state index is 6.41. The van der Waals surface area contributed by atoms with Gasteiger partial charge in [0, 0.05) is 42.1 Å². The van der Waals surface area contributed by atoms with Gasteiger partial charge in [0.2, 0.25) is 0 Å². The first-order valence-electron chi connectivity index (χ1n) is 16.6. The normalized spacial score (nSPS) is 11.6. The first kappa shape index (κ1) is 28.6. The highest BCUT2D eigenvalue weighted by atomic mass is 32.1. The van der Waals surface area contributed by atoms with Gasteiger partial charge >= 0.3 is 0 Å². The fourth-order valence-electron chi connectivity index (χ4n) is 6.94. The molecule has 0 N–H and O–H groups in total. The molecule has 0 atom stereocenters. The summed E-state index contributed by atoms with van der Waals surface area (Å²) in [6.07, 6.45) is 0. The van der Waals surface area contributed by atoms with Crippen LogP contribution in [0.2, 0.25) is 0 Å². The highest BCUT2D eigenvalue weighted by molar-refractivity contribution is 7.26. The molecule has 10 aromatic rings. The van der Waals surface area contributed by atoms with Gasteiger partial charge in [0.05, 0.1) is 5.56 Å². The minimum atomic E-state index is 0.577. The summed E-state index contributed by atoms with van der Waals surface area (Å²) in [7, 11) is 0. The van der Waals surface area contributed by atoms with Crippen LogP contribution in [0.1, 0.15) is 0 Å². The zero-order chi connectivity index (χ0) is 33.0. The fraction of sp³-hybridized carbons (Fsp3) is 0. The zero-order valence-corrected chi connectivity index (χ0v) is 27.6. The lowest BCUT2D eigenvalue weighted by Gasteiger charge is -2.10. The van der Waals surface area contributed by atoms with Gasteiger partial charge in [-0.2, -0.15) is 0 Å². The van der Waals surface area contributed by atoms with Gasteiger partial charge in [0.15, 0.2) is 17.5 Å². The monoisotopic (exact) mass is 657 g/mol. The smallest absolute Gasteiger partial charge is 0.167 e. The van der Waals surface area contributed by atoms with E-state index in [4.69, 9.17) is 19.4 Å². The summed E-state index contributed by atoms with van der Waals surface area (Å²) in [4.78, 5) is 15.2. The fourth-order valence-corrected chi connectivity index (χ4v) is 8.06. The number of hydrogen-bond donors (Lipinski definition) is 0. The third kappa shape index (κ3) is 4.79. The number of rotatable bonds is 5. The zero-order valence-electron chi connectivity index (χ0n) is 26.7. The van der Waals surface area contributed by atoms with E-state index in [0.29, 0.717) is 17.5 Å². The molecule has 234 valence electrons. The number of thiophene rings is 1. The standard InChI is InChI=1S/C45H27N3OS/c1-3-11-28(12-4-1)29-21-23-30(24-22-29)33-16-10-20-40-41(33)37-27-32(25-26-39(37)50-40)44-46-43(31-13-5-2-6-14-31)47-45(48-44)36-18-9-17-35-34-15-7-8-19-38(34)49-42(35)36/h1-27H. The van der Waals surface area contributed by atoms with E-state index in [1.807, 2.05) is 72.0 Å². The number of benzene rings is 7. The second-order valence-corrected chi connectivity index (χ2v) is 13.5. The summed E-state index contributed by atoms with van der Waals surface area (Å²) in [5, 5.41) is 4.54. The van der Waals surface area contributed by atoms with Crippen LogP contribution in [0.4, 0.5) is 0 Å². The van der Waals surface area contributed by atoms with Crippen molar-refractivity contribution in [3.05, 3.63) is 164 Å². The van der Waals surface area contributed by atoms with E-state index in [-0.39, 0.29) is 0 Å². The highest BCUT2D eigenvalue weighted by Crippen LogP contribution is 2.42. The summed E-state index contributed by atoms with van der Waals surface area (Å²) in [5.74, 6) is 1.81. The molecule has 3 heterocycles. The van der Waals surface area contributed by atoms with E-state index in [2.05, 4.69) is 103 Å². The Bertz CT molecular complexity index is 2860. The third-order valence-corrected chi connectivity index (χ3v) is 10.5. The summed E-state index contributed by atoms with van der Waals surface area (Å²) in [6.45, 7) is 0. The van der Waals surface area contributed by atoms with Crippen LogP contribution in [0.25, 0.3) is 98.5 Å². The van der Waals surface area contributed by atoms with Crippen molar-refractivity contribution >= 4 is 53.4 Å². The number of fused-ring (bicyclic) bond motifs is 6. The van der Waals surface area contributed by atoms with Gasteiger partial charge in [-0.25, -0.2) is 15.0 Å². The average molecular weight is 658 g/mol. The summed E-state index contributed by atoms with van der Waals surface area (Å²) in [5.41, 5.74) is 9.13. The van der Waals surface area contributed by atoms with E-state index in [0.717, 1.165) is 38.6 Å². The van der Waals surface area contributed by atoms with E-state index < -0.39 is 0 Å². The molecule has 7 aromatic carbocycles. The highest BCUT2D eigenvalue weighted by Gasteiger charge is 2.19. The van der Waals surface area contributed by atoms with Gasteiger partial charge in [0.25, 0.3) is 0 Å². The van der Waals surface area contributed by atoms with Gasteiger partial charge in [-0.3, -0.25) is 0 Å². The Labute approximate surface area is 292 Å². The predicted octanol–water partition coefficient (Wildman–Crippen LogP) is 12.5. The minimum Gasteiger partial charge on any atom is -0.455 e. The quantitative estimate of drug-likeness (QED) is 0.185. The van der Waals surface area contributed by atoms with Crippen molar-refractivity contribution in [2.75, 3.05) is 0 Å². The topological polar surface area (TPSA) is 51.8 Å². The van der Waals surface area contributed by atoms with Crippen LogP contribution in [0, 0.1) is 0 Å². The van der Waals surface area contributed by atoms with Crippen molar-refractivity contribution in [1.82, 2.24) is 15.0 Å². The molecule has 4 nitrogen and oxygen atoms in total. The molecule has 0 fully saturated rings. The Morgan fingerprint density at radius 2 is 0.980 bits per heavy atom. The number of furan rings is 1. The molecule has 3 aromatic heterocycles. The van der Waals surface area contributed by atoms with Crippen LogP contribution in [-0.4, -0.2) is 15.0 Å². The van der Waals surface area contributed by atoms with Crippen LogP contribution < -0.4 is 0 Å². The lowest BCUT2D eigenvalue weighted by molar-refractivity contribution is 0.669. The van der Waals surface area contributed by atoms with E-state index in [1.54, 1.807) is 0 Å². The lowest BCUT2D eigenvalue weighted by Crippen LogP contribution is -2.00. The number of para-hydroxylation sites is 2. The second kappa shape index (κ2) is 11.6. The Morgan fingerprint density at radius 3 is 1.80 bits per heavy atom. The summed E-state index contributed by atoms with van der Waals surface area (Å²) < 4.78 is 8.89. The van der Waals surface area contributed by atoms with E-state index in [1.165, 1.54) is 42.4 Å². The molecule has 0 aliphatic carbocycles. The number of hydrogen-bond acceptors (Lipinski definition) is 5. The number of nitrogens with zero attached hydrogens (tertiary/aromatic N) is 3. The van der Waals surface area contributed by atoms with Crippen molar-refractivity contribution in [2.45, 2.75) is 0 Å². The molecule has 0 saturated heterocycles. The Hall–Kier alpha value is -6.43. The van der Waals surface area contributed by atoms with Gasteiger partial charge < -0.3 is 4.42 Å². The van der Waals surface area contributed by atoms with E-state index >= 15 is 0 Å². The molecule has 0 radical (unpaired) electrons. The van der Waals surface area contributed by atoms with Gasteiger partial charge in [-0.15, -0.1) is 11.3 Å². The molecule has 0 unspecified atom stereocenters. The molecule has 0 spiro atoms. The van der Waals surface area contributed by atoms with Crippen LogP contribution in [0.5, 0.6) is 0 Å². The molecule has 0 bridgehead atoms. The molecule has 50 heavy (non-hydrogen) atoms. The van der Waals surface area contributed by atoms with E-state index in [9.17, 15) is 0 Å². The minimum absolute atomic E-state index is 0.577. The Morgan fingerprint density at radius 1 is 0.380 bits per heavy atom. The maximum absolute atomic E-state index is 6.41. The van der Waals surface area contributed by atoms with Gasteiger partial charge in [-0.05, 0) is 58.7 Å². The van der Waals surface area contributed by atoms with Crippen molar-refractivity contribution in [3.63, 3.8) is 0 Å². The second-order valence-electron chi connectivity index (χ2n) is 12.4. The Kier molecular flexibility index (Phi) is 6.64. The first-order chi connectivity index (χ1) is 24.8. The average Bonchev–Trinajstić information content (AvgIpc) is 3.77. The van der Waals surface area contributed by atoms with Gasteiger partial charge in [0.1, 0.15) is 11.2 Å². The Balaban J connectivity index is 1.15. The summed E-state index contributed by atoms with van der Waals surface area (Å²) >= 11 is 1.81. The largest absolute Gasteiger partial charge is 0.455 e. The van der Waals surface area contributed by atoms with Crippen molar-refractivity contribution in [2.24, 2.45) is 0 Å². The molecule has 0 aliphatic heterocycles. The molecular formula is C45H27N3OS. The third-order valence-electron chi connectivity index (χ3n) is 9.37. The predicted molar refractivity (Wildman–Crippen MR) is 207 cm³/mol. The SMILES string of the molecule is c1ccc(-c2ccc(-c3cccc4sc5ccc(-c6nc(-c7ccccc7)nc(-c7cccc8c7oc7ccccc78)n6)cc5c34)cc2)cc1. The van der Waals surface area contributed by atoms with Crippen molar-refractivity contribution in [3.8, 4) is 56.4 Å². The first-order valence-corrected chi connectivity index (χ1v) is 17.4. The van der Waals surface area contributed by atoms with Crippen LogP contribution in [0.3, 0.4) is 0 Å². The van der Waals surface area contributed by atoms with Crippen molar-refractivity contribution < 1.29 is 4.42 Å². The molecule has 10 rings (SSSR count). The lowest BCUT2D eigenvalue weighted by atomic mass is 9.96. The van der Waals surface area contributed by atoms with Crippen LogP contribution in [0.15, 0.2) is 168 Å². The summed E-state index contributed by atoms with van der Waals surface area (Å²) in [6, 6.07) is 56.9. The maximum Gasteiger partial charge on any atom is 0.167 e. The van der Waals surface area contributed by atoms with Crippen LogP contribution in [-0.2, 0) is 0 Å².